The molecule has 1 aromatic heterocycles. The number of carbonyl (C=O) groups is 2. The third kappa shape index (κ3) is 4.03. The van der Waals surface area contributed by atoms with Gasteiger partial charge in [-0.3, -0.25) is 9.78 Å². The smallest absolute Gasteiger partial charge is 0.328 e. The first-order valence-corrected chi connectivity index (χ1v) is 6.57. The van der Waals surface area contributed by atoms with Gasteiger partial charge < -0.3 is 15.8 Å². The molecule has 0 spiro atoms. The number of pyridine rings is 1. The number of nitrogens with zero attached hydrogens (tertiary/aromatic N) is 1. The molecule has 3 N–H and O–H groups in total. The zero-order valence-electron chi connectivity index (χ0n) is 12.1. The third-order valence-corrected chi connectivity index (χ3v) is 3.24. The Bertz CT molecular complexity index is 476. The van der Waals surface area contributed by atoms with E-state index in [1.54, 1.807) is 12.1 Å². The van der Waals surface area contributed by atoms with Gasteiger partial charge in [-0.15, -0.1) is 0 Å². The average molecular weight is 279 g/mol. The van der Waals surface area contributed by atoms with Crippen molar-refractivity contribution in [1.29, 1.82) is 0 Å². The van der Waals surface area contributed by atoms with Crippen LogP contribution < -0.4 is 11.1 Å². The fourth-order valence-corrected chi connectivity index (χ4v) is 1.75. The lowest BCUT2D eigenvalue weighted by Gasteiger charge is -2.21. The molecule has 0 aliphatic heterocycles. The van der Waals surface area contributed by atoms with Crippen molar-refractivity contribution < 1.29 is 14.3 Å². The van der Waals surface area contributed by atoms with E-state index in [-0.39, 0.29) is 18.4 Å². The number of esters is 1. The molecule has 1 heterocycles. The van der Waals surface area contributed by atoms with Crippen LogP contribution >= 0.6 is 0 Å². The van der Waals surface area contributed by atoms with Crippen LogP contribution in [0, 0.1) is 5.92 Å². The summed E-state index contributed by atoms with van der Waals surface area (Å²) < 4.78 is 4.73. The Labute approximate surface area is 118 Å². The maximum absolute atomic E-state index is 12.2. The number of methoxy groups -OCH3 is 1. The Balaban J connectivity index is 2.87. The highest BCUT2D eigenvalue weighted by Gasteiger charge is 2.27. The van der Waals surface area contributed by atoms with Crippen molar-refractivity contribution in [2.24, 2.45) is 11.7 Å². The molecular weight excluding hydrogens is 258 g/mol. The van der Waals surface area contributed by atoms with Crippen molar-refractivity contribution >= 4 is 11.9 Å². The van der Waals surface area contributed by atoms with E-state index < -0.39 is 12.0 Å². The summed E-state index contributed by atoms with van der Waals surface area (Å²) in [6.45, 7) is 4.10. The summed E-state index contributed by atoms with van der Waals surface area (Å²) in [5, 5.41) is 2.70. The quantitative estimate of drug-likeness (QED) is 0.753. The van der Waals surface area contributed by atoms with Gasteiger partial charge in [-0.1, -0.05) is 20.3 Å². The van der Waals surface area contributed by atoms with Crippen LogP contribution in [0.3, 0.4) is 0 Å². The molecule has 0 aliphatic carbocycles. The Morgan fingerprint density at radius 1 is 1.50 bits per heavy atom. The van der Waals surface area contributed by atoms with E-state index in [0.717, 1.165) is 6.42 Å². The van der Waals surface area contributed by atoms with Crippen LogP contribution in [0.15, 0.2) is 18.3 Å². The molecule has 2 atom stereocenters. The fourth-order valence-electron chi connectivity index (χ4n) is 1.75. The predicted octanol–water partition coefficient (Wildman–Crippen LogP) is 0.858. The van der Waals surface area contributed by atoms with E-state index in [0.29, 0.717) is 11.3 Å². The van der Waals surface area contributed by atoms with Crippen molar-refractivity contribution in [1.82, 2.24) is 10.3 Å². The van der Waals surface area contributed by atoms with Crippen molar-refractivity contribution in [3.63, 3.8) is 0 Å². The minimum absolute atomic E-state index is 0.0118. The van der Waals surface area contributed by atoms with Crippen LogP contribution in [0.2, 0.25) is 0 Å². The topological polar surface area (TPSA) is 94.3 Å². The Morgan fingerprint density at radius 3 is 2.75 bits per heavy atom. The van der Waals surface area contributed by atoms with Gasteiger partial charge in [-0.05, 0) is 18.1 Å². The molecule has 0 saturated carbocycles. The molecular formula is C14H21N3O3. The van der Waals surface area contributed by atoms with Gasteiger partial charge in [0.1, 0.15) is 6.04 Å². The summed E-state index contributed by atoms with van der Waals surface area (Å²) in [5.41, 5.74) is 6.54. The Morgan fingerprint density at radius 2 is 2.20 bits per heavy atom. The number of nitrogens with one attached hydrogen (secondary N) is 1. The van der Waals surface area contributed by atoms with Crippen molar-refractivity contribution in [2.45, 2.75) is 32.9 Å². The maximum atomic E-state index is 12.2. The lowest BCUT2D eigenvalue weighted by atomic mass is 9.99. The van der Waals surface area contributed by atoms with E-state index in [2.05, 4.69) is 10.3 Å². The number of amides is 1. The van der Waals surface area contributed by atoms with Crippen LogP contribution in [-0.2, 0) is 16.1 Å². The highest BCUT2D eigenvalue weighted by Crippen LogP contribution is 2.11. The fraction of sp³-hybridized carbons (Fsp3) is 0.500. The minimum atomic E-state index is -0.660. The van der Waals surface area contributed by atoms with Crippen LogP contribution in [-0.4, -0.2) is 30.0 Å². The predicted molar refractivity (Wildman–Crippen MR) is 74.9 cm³/mol. The SMILES string of the molecule is CCC(C)C(NC(=O)c1ccnc(CN)c1)C(=O)OC. The summed E-state index contributed by atoms with van der Waals surface area (Å²) in [6.07, 6.45) is 2.28. The van der Waals surface area contributed by atoms with E-state index in [9.17, 15) is 9.59 Å². The number of carbonyl (C=O) groups excluding carboxylic acids is 2. The first-order valence-electron chi connectivity index (χ1n) is 6.57. The molecule has 2 unspecified atom stereocenters. The van der Waals surface area contributed by atoms with E-state index in [1.807, 2.05) is 13.8 Å². The number of aromatic nitrogens is 1. The second-order valence-electron chi connectivity index (χ2n) is 4.60. The van der Waals surface area contributed by atoms with Crippen LogP contribution in [0.25, 0.3) is 0 Å². The van der Waals surface area contributed by atoms with Gasteiger partial charge in [-0.2, -0.15) is 0 Å². The Hall–Kier alpha value is -1.95. The molecule has 0 aromatic carbocycles. The largest absolute Gasteiger partial charge is 0.467 e. The zero-order valence-corrected chi connectivity index (χ0v) is 12.1. The van der Waals surface area contributed by atoms with E-state index in [4.69, 9.17) is 10.5 Å². The normalized spacial score (nSPS) is 13.4. The first kappa shape index (κ1) is 16.1. The summed E-state index contributed by atoms with van der Waals surface area (Å²) in [7, 11) is 1.31. The summed E-state index contributed by atoms with van der Waals surface area (Å²) in [6, 6.07) is 2.53. The van der Waals surface area contributed by atoms with Gasteiger partial charge in [0.2, 0.25) is 0 Å². The van der Waals surface area contributed by atoms with Crippen LogP contribution in [0.5, 0.6) is 0 Å². The van der Waals surface area contributed by atoms with Gasteiger partial charge in [0.15, 0.2) is 0 Å². The minimum Gasteiger partial charge on any atom is -0.467 e. The molecule has 1 aromatic rings. The van der Waals surface area contributed by atoms with Crippen molar-refractivity contribution in [3.05, 3.63) is 29.6 Å². The third-order valence-electron chi connectivity index (χ3n) is 3.24. The zero-order chi connectivity index (χ0) is 15.1. The first-order chi connectivity index (χ1) is 9.53. The molecule has 1 amide bonds. The van der Waals surface area contributed by atoms with E-state index >= 15 is 0 Å². The molecule has 6 heteroatoms. The van der Waals surface area contributed by atoms with Crippen LogP contribution in [0.4, 0.5) is 0 Å². The molecule has 0 fully saturated rings. The van der Waals surface area contributed by atoms with Gasteiger partial charge in [-0.25, -0.2) is 4.79 Å². The molecule has 1 rings (SSSR count). The summed E-state index contributed by atoms with van der Waals surface area (Å²) in [5.74, 6) is -0.791. The molecule has 0 radical (unpaired) electrons. The lowest BCUT2D eigenvalue weighted by molar-refractivity contribution is -0.144. The molecule has 0 saturated heterocycles. The second-order valence-corrected chi connectivity index (χ2v) is 4.60. The van der Waals surface area contributed by atoms with Crippen molar-refractivity contribution in [3.8, 4) is 0 Å². The number of ether oxygens (including phenoxy) is 1. The monoisotopic (exact) mass is 279 g/mol. The van der Waals surface area contributed by atoms with Gasteiger partial charge in [0.05, 0.1) is 12.8 Å². The highest BCUT2D eigenvalue weighted by atomic mass is 16.5. The average Bonchev–Trinajstić information content (AvgIpc) is 2.50. The number of hydrogen-bond acceptors (Lipinski definition) is 5. The number of nitrogens with two attached hydrogens (primary N) is 1. The standard InChI is InChI=1S/C14H21N3O3/c1-4-9(2)12(14(19)20-3)17-13(18)10-5-6-16-11(7-10)8-15/h5-7,9,12H,4,8,15H2,1-3H3,(H,17,18). The van der Waals surface area contributed by atoms with Crippen molar-refractivity contribution in [2.75, 3.05) is 7.11 Å². The molecule has 20 heavy (non-hydrogen) atoms. The molecule has 0 bridgehead atoms. The second kappa shape index (κ2) is 7.59. The maximum Gasteiger partial charge on any atom is 0.328 e. The summed E-state index contributed by atoms with van der Waals surface area (Å²) in [4.78, 5) is 27.9. The van der Waals surface area contributed by atoms with E-state index in [1.165, 1.54) is 13.3 Å². The number of hydrogen-bond donors (Lipinski definition) is 2. The molecule has 110 valence electrons. The van der Waals surface area contributed by atoms with Gasteiger partial charge in [0, 0.05) is 18.3 Å². The Kier molecular flexibility index (Phi) is 6.11. The molecule has 6 nitrogen and oxygen atoms in total. The van der Waals surface area contributed by atoms with Crippen LogP contribution in [0.1, 0.15) is 36.3 Å². The van der Waals surface area contributed by atoms with Gasteiger partial charge >= 0.3 is 5.97 Å². The summed E-state index contributed by atoms with van der Waals surface area (Å²) >= 11 is 0. The lowest BCUT2D eigenvalue weighted by Crippen LogP contribution is -2.45. The van der Waals surface area contributed by atoms with Gasteiger partial charge in [0.25, 0.3) is 5.91 Å². The highest BCUT2D eigenvalue weighted by molar-refractivity contribution is 5.96. The molecule has 0 aliphatic rings. The number of rotatable bonds is 6.